The summed E-state index contributed by atoms with van der Waals surface area (Å²) in [7, 11) is 0. The molecule has 0 unspecified atom stereocenters. The van der Waals surface area contributed by atoms with E-state index in [4.69, 9.17) is 5.11 Å². The van der Waals surface area contributed by atoms with Crippen molar-refractivity contribution in [3.8, 4) is 0 Å². The highest BCUT2D eigenvalue weighted by atomic mass is 19.4. The third-order valence-electron chi connectivity index (χ3n) is 5.79. The van der Waals surface area contributed by atoms with Gasteiger partial charge in [0, 0.05) is 5.56 Å². The molecule has 0 saturated heterocycles. The first kappa shape index (κ1) is 41.0. The normalized spacial score (nSPS) is 16.1. The van der Waals surface area contributed by atoms with Crippen molar-refractivity contribution in [1.29, 1.82) is 0 Å². The van der Waals surface area contributed by atoms with Gasteiger partial charge in [-0.2, -0.15) is 110 Å². The summed E-state index contributed by atoms with van der Waals surface area (Å²) in [4.78, 5) is 10.6. The molecule has 27 heteroatoms. The van der Waals surface area contributed by atoms with Gasteiger partial charge in [0.05, 0.1) is 5.56 Å². The molecule has 0 aliphatic heterocycles. The molecule has 0 fully saturated rings. The topological polar surface area (TPSA) is 37.3 Å². The van der Waals surface area contributed by atoms with Gasteiger partial charge in [-0.05, 0) is 12.1 Å². The summed E-state index contributed by atoms with van der Waals surface area (Å²) in [6, 6.07) is -1.65. The minimum absolute atomic E-state index is 0.193. The van der Waals surface area contributed by atoms with Crippen molar-refractivity contribution in [2.45, 2.75) is 71.3 Å². The van der Waals surface area contributed by atoms with Crippen LogP contribution in [0, 0.1) is 0 Å². The Labute approximate surface area is 233 Å². The fourth-order valence-electron chi connectivity index (χ4n) is 2.96. The molecule has 0 bridgehead atoms. The van der Waals surface area contributed by atoms with E-state index in [0.717, 1.165) is 0 Å². The maximum absolute atomic E-state index is 14.1. The number of carboxylic acid groups (broad SMARTS) is 1. The Morgan fingerprint density at radius 1 is 0.370 bits per heavy atom. The highest BCUT2D eigenvalue weighted by molar-refractivity contribution is 5.87. The second-order valence-corrected chi connectivity index (χ2v) is 8.70. The zero-order valence-corrected chi connectivity index (χ0v) is 20.1. The number of halogens is 25. The molecule has 0 amide bonds. The van der Waals surface area contributed by atoms with Crippen LogP contribution in [0.25, 0.3) is 0 Å². The molecule has 0 aromatic heterocycles. The average Bonchev–Trinajstić information content (AvgIpc) is 2.86. The highest BCUT2D eigenvalue weighted by Crippen LogP contribution is 2.68. The van der Waals surface area contributed by atoms with Crippen LogP contribution in [0.5, 0.6) is 0 Å². The number of hydrogen-bond donors (Lipinski definition) is 1. The molecule has 0 heterocycles. The molecule has 0 saturated carbocycles. The van der Waals surface area contributed by atoms with Crippen LogP contribution in [0.15, 0.2) is 24.3 Å². The molecule has 0 spiro atoms. The second-order valence-electron chi connectivity index (χ2n) is 8.70. The van der Waals surface area contributed by atoms with Gasteiger partial charge in [-0.15, -0.1) is 0 Å². The van der Waals surface area contributed by atoms with Gasteiger partial charge in [0.25, 0.3) is 0 Å². The maximum Gasteiger partial charge on any atom is 0.460 e. The molecule has 1 rings (SSSR count). The number of carboxylic acids is 1. The van der Waals surface area contributed by atoms with Crippen LogP contribution < -0.4 is 0 Å². The number of hydrogen-bond acceptors (Lipinski definition) is 1. The van der Waals surface area contributed by atoms with Gasteiger partial charge in [0.15, 0.2) is 0 Å². The number of carbonyl (C=O) groups is 1. The molecule has 268 valence electrons. The lowest BCUT2D eigenvalue weighted by atomic mass is 9.84. The molecular weight excluding hydrogens is 735 g/mol. The SMILES string of the molecule is O=C(O)c1ccc(C(F)(F)C(F)(F)C(F)(F)C(F)(F)C(F)(F)C(F)(F)C(F)(F)C(F)(F)C(F)(F)C(F)(F)C(F)(F)C(F)(F)F)cc1. The molecule has 1 N–H and O–H groups in total. The summed E-state index contributed by atoms with van der Waals surface area (Å²) in [6.45, 7) is 0. The Hall–Kier alpha value is -3.06. The van der Waals surface area contributed by atoms with Crippen molar-refractivity contribution < 1.29 is 120 Å². The first-order valence-electron chi connectivity index (χ1n) is 10.2. The minimum Gasteiger partial charge on any atom is -0.478 e. The third-order valence-corrected chi connectivity index (χ3v) is 5.79. The molecule has 0 atom stereocenters. The van der Waals surface area contributed by atoms with E-state index in [1.807, 2.05) is 0 Å². The Bertz CT molecular complexity index is 1290. The molecule has 1 aromatic rings. The number of rotatable bonds is 12. The van der Waals surface area contributed by atoms with Gasteiger partial charge in [-0.25, -0.2) is 4.79 Å². The van der Waals surface area contributed by atoms with E-state index in [9.17, 15) is 115 Å². The first-order valence-corrected chi connectivity index (χ1v) is 10.2. The van der Waals surface area contributed by atoms with E-state index in [1.165, 1.54) is 0 Å². The molecule has 1 aromatic carbocycles. The zero-order valence-electron chi connectivity index (χ0n) is 20.1. The Morgan fingerprint density at radius 3 is 0.804 bits per heavy atom. The number of aromatic carboxylic acids is 1. The molecule has 2 nitrogen and oxygen atoms in total. The Kier molecular flexibility index (Phi) is 9.32. The Balaban J connectivity index is 3.90. The van der Waals surface area contributed by atoms with Gasteiger partial charge in [-0.3, -0.25) is 0 Å². The predicted octanol–water partition coefficient (Wildman–Crippen LogP) is 9.39. The molecule has 46 heavy (non-hydrogen) atoms. The fourth-order valence-corrected chi connectivity index (χ4v) is 2.96. The van der Waals surface area contributed by atoms with Crippen LogP contribution in [-0.4, -0.2) is 76.5 Å². The molecular formula is C19H5F25O2. The van der Waals surface area contributed by atoms with E-state index in [0.29, 0.717) is 0 Å². The Morgan fingerprint density at radius 2 is 0.587 bits per heavy atom. The van der Waals surface area contributed by atoms with Gasteiger partial charge in [-0.1, -0.05) is 12.1 Å². The standard InChI is InChI=1S/C19H5F25O2/c20-8(21,6-3-1-5(2-4-6)7(45)46)9(22,23)10(24,25)11(26,27)12(28,29)13(30,31)14(32,33)15(34,35)16(36,37)17(38,39)18(40,41)19(42,43)44/h1-4H,(H,45,46). The monoisotopic (exact) mass is 740 g/mol. The van der Waals surface area contributed by atoms with Crippen LogP contribution in [-0.2, 0) is 5.92 Å². The fraction of sp³-hybridized carbons (Fsp3) is 0.632. The van der Waals surface area contributed by atoms with Crippen LogP contribution in [0.3, 0.4) is 0 Å². The third kappa shape index (κ3) is 4.86. The lowest BCUT2D eigenvalue weighted by Crippen LogP contribution is -2.78. The van der Waals surface area contributed by atoms with Gasteiger partial charge in [0.1, 0.15) is 0 Å². The van der Waals surface area contributed by atoms with Crippen LogP contribution in [0.2, 0.25) is 0 Å². The van der Waals surface area contributed by atoms with Crippen molar-refractivity contribution >= 4 is 5.97 Å². The molecule has 0 aliphatic carbocycles. The van der Waals surface area contributed by atoms with Crippen molar-refractivity contribution in [3.63, 3.8) is 0 Å². The van der Waals surface area contributed by atoms with Crippen molar-refractivity contribution in [3.05, 3.63) is 35.4 Å². The maximum atomic E-state index is 14.1. The second kappa shape index (κ2) is 10.5. The summed E-state index contributed by atoms with van der Waals surface area (Å²) >= 11 is 0. The molecule has 0 radical (unpaired) electrons. The summed E-state index contributed by atoms with van der Waals surface area (Å²) in [5, 5.41) is 8.53. The quantitative estimate of drug-likeness (QED) is 0.217. The number of alkyl halides is 25. The lowest BCUT2D eigenvalue weighted by Gasteiger charge is -2.45. The average molecular weight is 740 g/mol. The number of benzene rings is 1. The van der Waals surface area contributed by atoms with E-state index in [1.54, 1.807) is 0 Å². The predicted molar refractivity (Wildman–Crippen MR) is 92.8 cm³/mol. The van der Waals surface area contributed by atoms with E-state index in [-0.39, 0.29) is 12.1 Å². The van der Waals surface area contributed by atoms with Gasteiger partial charge >= 0.3 is 77.3 Å². The summed E-state index contributed by atoms with van der Waals surface area (Å²) < 4.78 is 337. The highest BCUT2D eigenvalue weighted by Gasteiger charge is 2.99. The summed E-state index contributed by atoms with van der Waals surface area (Å²) in [5.41, 5.74) is -3.94. The lowest BCUT2D eigenvalue weighted by molar-refractivity contribution is -0.482. The van der Waals surface area contributed by atoms with Gasteiger partial charge in [0.2, 0.25) is 0 Å². The summed E-state index contributed by atoms with van der Waals surface area (Å²) in [5.74, 6) is -101. The van der Waals surface area contributed by atoms with Crippen molar-refractivity contribution in [2.24, 2.45) is 0 Å². The smallest absolute Gasteiger partial charge is 0.460 e. The van der Waals surface area contributed by atoms with Crippen molar-refractivity contribution in [2.75, 3.05) is 0 Å². The summed E-state index contributed by atoms with van der Waals surface area (Å²) in [6.07, 6.45) is -8.20. The largest absolute Gasteiger partial charge is 0.478 e. The molecule has 0 aliphatic rings. The van der Waals surface area contributed by atoms with Crippen LogP contribution >= 0.6 is 0 Å². The van der Waals surface area contributed by atoms with E-state index < -0.39 is 101 Å². The zero-order chi connectivity index (χ0) is 37.6. The van der Waals surface area contributed by atoms with Crippen LogP contribution in [0.1, 0.15) is 15.9 Å². The van der Waals surface area contributed by atoms with E-state index in [2.05, 4.69) is 0 Å². The minimum atomic E-state index is -9.65. The van der Waals surface area contributed by atoms with E-state index >= 15 is 0 Å². The first-order chi connectivity index (χ1) is 19.7. The van der Waals surface area contributed by atoms with Crippen molar-refractivity contribution in [1.82, 2.24) is 0 Å². The van der Waals surface area contributed by atoms with Gasteiger partial charge < -0.3 is 5.11 Å². The van der Waals surface area contributed by atoms with Crippen LogP contribution in [0.4, 0.5) is 110 Å².